The van der Waals surface area contributed by atoms with Gasteiger partial charge in [-0.2, -0.15) is 13.5 Å². The fraction of sp³-hybridized carbons (Fsp3) is 0.750. The molecule has 2 aliphatic heterocycles. The molecule has 2 saturated heterocycles. The minimum Gasteiger partial charge on any atom is -0.328 e. The van der Waals surface area contributed by atoms with Gasteiger partial charge in [-0.15, -0.1) is 14.5 Å². The lowest BCUT2D eigenvalue weighted by Gasteiger charge is -2.30. The third-order valence-electron chi connectivity index (χ3n) is 4.76. The first-order chi connectivity index (χ1) is 11.3. The molecule has 1 aliphatic carbocycles. The van der Waals surface area contributed by atoms with E-state index in [2.05, 4.69) is 14.5 Å². The molecule has 4 rings (SSSR count). The molecule has 2 atom stereocenters. The second-order valence-corrected chi connectivity index (χ2v) is 8.46. The predicted molar refractivity (Wildman–Crippen MR) is 82.2 cm³/mol. The van der Waals surface area contributed by atoms with Crippen molar-refractivity contribution in [2.45, 2.75) is 49.7 Å². The molecule has 12 heteroatoms. The van der Waals surface area contributed by atoms with Gasteiger partial charge in [0.15, 0.2) is 0 Å². The first kappa shape index (κ1) is 16.1. The van der Waals surface area contributed by atoms with Crippen molar-refractivity contribution in [3.63, 3.8) is 0 Å². The Morgan fingerprint density at radius 1 is 1.25 bits per heavy atom. The van der Waals surface area contributed by atoms with Crippen molar-refractivity contribution < 1.29 is 22.0 Å². The van der Waals surface area contributed by atoms with Gasteiger partial charge >= 0.3 is 16.4 Å². The van der Waals surface area contributed by atoms with E-state index in [0.717, 1.165) is 27.9 Å². The second kappa shape index (κ2) is 5.59. The summed E-state index contributed by atoms with van der Waals surface area (Å²) in [6, 6.07) is -0.997. The lowest BCUT2D eigenvalue weighted by Crippen LogP contribution is -2.35. The number of nitrogens with zero attached hydrogens (tertiary/aromatic N) is 4. The molecule has 10 nitrogen and oxygen atoms in total. The van der Waals surface area contributed by atoms with Crippen LogP contribution in [0.4, 0.5) is 4.79 Å². The van der Waals surface area contributed by atoms with Crippen molar-refractivity contribution in [1.29, 1.82) is 0 Å². The molecule has 3 aliphatic rings. The van der Waals surface area contributed by atoms with Gasteiger partial charge in [-0.1, -0.05) is 11.3 Å². The van der Waals surface area contributed by atoms with Crippen molar-refractivity contribution >= 4 is 27.8 Å². The van der Waals surface area contributed by atoms with Gasteiger partial charge in [0.25, 0.3) is 0 Å². The zero-order valence-electron chi connectivity index (χ0n) is 12.6. The highest BCUT2D eigenvalue weighted by Gasteiger charge is 2.48. The van der Waals surface area contributed by atoms with Crippen LogP contribution in [0.25, 0.3) is 0 Å². The first-order valence-corrected chi connectivity index (χ1v) is 9.85. The zero-order chi connectivity index (χ0) is 17.1. The largest absolute Gasteiger partial charge is 0.418 e. The molecule has 132 valence electrons. The number of rotatable bonds is 4. The molecule has 0 radical (unpaired) electrons. The molecule has 0 spiro atoms. The summed E-state index contributed by atoms with van der Waals surface area (Å²) < 4.78 is 35.1. The van der Waals surface area contributed by atoms with E-state index in [9.17, 15) is 13.2 Å². The maximum atomic E-state index is 12.4. The lowest BCUT2D eigenvalue weighted by molar-refractivity contribution is -0.0317. The number of carbonyl (C=O) groups excluding carboxylic acids is 1. The zero-order valence-corrected chi connectivity index (χ0v) is 14.2. The maximum absolute atomic E-state index is 12.4. The molecule has 1 saturated carbocycles. The lowest BCUT2D eigenvalue weighted by atomic mass is 9.81. The van der Waals surface area contributed by atoms with Gasteiger partial charge in [0, 0.05) is 18.5 Å². The number of amides is 2. The number of carbonyl (C=O) groups is 1. The molecule has 3 fully saturated rings. The van der Waals surface area contributed by atoms with Gasteiger partial charge in [-0.25, -0.2) is 4.79 Å². The van der Waals surface area contributed by atoms with Crippen molar-refractivity contribution in [3.05, 3.63) is 10.0 Å². The van der Waals surface area contributed by atoms with E-state index in [-0.39, 0.29) is 12.1 Å². The average molecular weight is 375 g/mol. The quantitative estimate of drug-likeness (QED) is 0.722. The van der Waals surface area contributed by atoms with Crippen molar-refractivity contribution in [1.82, 2.24) is 20.2 Å². The van der Waals surface area contributed by atoms with Gasteiger partial charge in [0.1, 0.15) is 10.0 Å². The molecule has 2 bridgehead atoms. The molecule has 0 aromatic carbocycles. The van der Waals surface area contributed by atoms with Crippen molar-refractivity contribution in [2.75, 3.05) is 6.54 Å². The Bertz CT molecular complexity index is 762. The molecular weight excluding hydrogens is 358 g/mol. The van der Waals surface area contributed by atoms with E-state index in [4.69, 9.17) is 10.3 Å². The molecule has 3 N–H and O–H groups in total. The van der Waals surface area contributed by atoms with Crippen LogP contribution in [0, 0.1) is 0 Å². The molecule has 1 aromatic rings. The molecular formula is C12H17N5O5S2. The van der Waals surface area contributed by atoms with Crippen LogP contribution in [0.5, 0.6) is 0 Å². The first-order valence-electron chi connectivity index (χ1n) is 7.67. The Kier molecular flexibility index (Phi) is 3.76. The van der Waals surface area contributed by atoms with Gasteiger partial charge in [0.05, 0.1) is 12.1 Å². The summed E-state index contributed by atoms with van der Waals surface area (Å²) in [5.41, 5.74) is 5.80. The fourth-order valence-electron chi connectivity index (χ4n) is 3.50. The number of fused-ring (bicyclic) bond motifs is 2. The third kappa shape index (κ3) is 2.77. The van der Waals surface area contributed by atoms with Crippen LogP contribution in [0.3, 0.4) is 0 Å². The third-order valence-corrected chi connectivity index (χ3v) is 6.30. The van der Waals surface area contributed by atoms with Crippen LogP contribution in [0.1, 0.15) is 47.7 Å². The summed E-state index contributed by atoms with van der Waals surface area (Å²) in [5, 5.41) is 10.9. The number of piperidine rings is 1. The molecule has 3 heterocycles. The molecule has 0 unspecified atom stereocenters. The second-order valence-electron chi connectivity index (χ2n) is 6.42. The highest BCUT2D eigenvalue weighted by molar-refractivity contribution is 7.80. The topological polar surface area (TPSA) is 139 Å². The smallest absolute Gasteiger partial charge is 0.328 e. The Morgan fingerprint density at radius 3 is 2.62 bits per heavy atom. The van der Waals surface area contributed by atoms with E-state index in [0.29, 0.717) is 25.3 Å². The minimum atomic E-state index is -4.73. The van der Waals surface area contributed by atoms with Crippen LogP contribution < -0.4 is 5.73 Å². The van der Waals surface area contributed by atoms with Crippen molar-refractivity contribution in [3.8, 4) is 0 Å². The summed E-state index contributed by atoms with van der Waals surface area (Å²) in [6.45, 7) is 0.336. The summed E-state index contributed by atoms with van der Waals surface area (Å²) in [6.07, 6.45) is 3.01. The highest BCUT2D eigenvalue weighted by Crippen LogP contribution is 2.42. The monoisotopic (exact) mass is 375 g/mol. The van der Waals surface area contributed by atoms with Crippen LogP contribution >= 0.6 is 11.3 Å². The van der Waals surface area contributed by atoms with Crippen LogP contribution in [-0.4, -0.2) is 57.8 Å². The average Bonchev–Trinajstić information content (AvgIpc) is 3.04. The summed E-state index contributed by atoms with van der Waals surface area (Å²) in [4.78, 5) is 13.9. The minimum absolute atomic E-state index is 0.226. The summed E-state index contributed by atoms with van der Waals surface area (Å²) in [5.74, 6) is 0.344. The molecule has 1 aromatic heterocycles. The van der Waals surface area contributed by atoms with E-state index in [1.54, 1.807) is 0 Å². The number of nitrogens with two attached hydrogens (primary N) is 1. The summed E-state index contributed by atoms with van der Waals surface area (Å²) in [7, 11) is -4.73. The normalized spacial score (nSPS) is 33.0. The number of hydrogen-bond acceptors (Lipinski definition) is 8. The fourth-order valence-corrected chi connectivity index (χ4v) is 5.00. The van der Waals surface area contributed by atoms with Gasteiger partial charge < -0.3 is 10.6 Å². The van der Waals surface area contributed by atoms with Gasteiger partial charge in [0.2, 0.25) is 0 Å². The van der Waals surface area contributed by atoms with E-state index in [1.165, 1.54) is 16.2 Å². The van der Waals surface area contributed by atoms with Gasteiger partial charge in [-0.3, -0.25) is 4.55 Å². The number of urea groups is 1. The van der Waals surface area contributed by atoms with Crippen molar-refractivity contribution in [2.24, 2.45) is 5.73 Å². The van der Waals surface area contributed by atoms with Gasteiger partial charge in [-0.05, 0) is 25.7 Å². The van der Waals surface area contributed by atoms with E-state index in [1.807, 2.05) is 0 Å². The molecule has 2 amide bonds. The number of hydrogen-bond donors (Lipinski definition) is 2. The number of aromatic nitrogens is 2. The summed E-state index contributed by atoms with van der Waals surface area (Å²) >= 11 is 1.48. The Morgan fingerprint density at radius 2 is 1.96 bits per heavy atom. The van der Waals surface area contributed by atoms with Crippen LogP contribution in [0.15, 0.2) is 0 Å². The SMILES string of the molecule is N[C@H]1C[C@@H](c2nnc([C@@H]3CC[C@H]4CN3C(=O)N4OS(=O)(=O)O)s2)C1. The number of hydroxylamine groups is 2. The van der Waals surface area contributed by atoms with E-state index >= 15 is 0 Å². The Balaban J connectivity index is 1.51. The predicted octanol–water partition coefficient (Wildman–Crippen LogP) is 0.418. The van der Waals surface area contributed by atoms with Crippen LogP contribution in [-0.2, 0) is 14.7 Å². The highest BCUT2D eigenvalue weighted by atomic mass is 32.3. The molecule has 24 heavy (non-hydrogen) atoms. The standard InChI is InChI=1S/C12H17N5O5S2/c13-7-3-6(4-7)10-14-15-11(23-10)9-2-1-8-5-16(9)12(18)17(8)22-24(19,20)21/h6-9H,1-5,13H2,(H,19,20,21)/t6-,7+,8-,9-/m0/s1. The maximum Gasteiger partial charge on any atom is 0.418 e. The Hall–Kier alpha value is -1.34. The van der Waals surface area contributed by atoms with E-state index < -0.39 is 22.5 Å². The van der Waals surface area contributed by atoms with Crippen LogP contribution in [0.2, 0.25) is 0 Å². The Labute approximate surface area is 142 Å².